The molecule has 2 heterocycles. The molecule has 1 aliphatic heterocycles. The molecule has 2 amide bonds. The number of para-hydroxylation sites is 1. The number of aromatic nitrogens is 2. The highest BCUT2D eigenvalue weighted by Crippen LogP contribution is 2.31. The summed E-state index contributed by atoms with van der Waals surface area (Å²) in [6.07, 6.45) is 2.58. The summed E-state index contributed by atoms with van der Waals surface area (Å²) in [4.78, 5) is 31.3. The van der Waals surface area contributed by atoms with Gasteiger partial charge in [0.05, 0.1) is 6.61 Å². The van der Waals surface area contributed by atoms with Gasteiger partial charge in [0.25, 0.3) is 11.8 Å². The van der Waals surface area contributed by atoms with Gasteiger partial charge in [-0.05, 0) is 43.5 Å². The molecule has 1 aliphatic rings. The molecule has 2 aromatic carbocycles. The number of hydrogen-bond acceptors (Lipinski definition) is 7. The van der Waals surface area contributed by atoms with Crippen molar-refractivity contribution in [2.45, 2.75) is 25.3 Å². The molecule has 9 heteroatoms. The molecular formula is C24H26N4O5. The molecule has 1 fully saturated rings. The Hall–Kier alpha value is -3.72. The molecule has 33 heavy (non-hydrogen) atoms. The fraction of sp³-hybridized carbons (Fsp3) is 0.333. The van der Waals surface area contributed by atoms with E-state index in [0.717, 1.165) is 19.3 Å². The van der Waals surface area contributed by atoms with E-state index in [1.807, 2.05) is 30.3 Å². The van der Waals surface area contributed by atoms with E-state index in [-0.39, 0.29) is 37.6 Å². The van der Waals surface area contributed by atoms with Gasteiger partial charge in [0.1, 0.15) is 11.8 Å². The molecule has 3 aromatic rings. The summed E-state index contributed by atoms with van der Waals surface area (Å²) in [6.45, 7) is 0.577. The predicted molar refractivity (Wildman–Crippen MR) is 119 cm³/mol. The molecule has 1 aromatic heterocycles. The number of carbonyl (C=O) groups excluding carboxylic acids is 2. The summed E-state index contributed by atoms with van der Waals surface area (Å²) < 4.78 is 11.2. The molecule has 172 valence electrons. The van der Waals surface area contributed by atoms with Gasteiger partial charge in [-0.15, -0.1) is 0 Å². The molecule has 0 radical (unpaired) electrons. The van der Waals surface area contributed by atoms with Crippen LogP contribution in [0, 0.1) is 0 Å². The van der Waals surface area contributed by atoms with E-state index < -0.39 is 0 Å². The predicted octanol–water partition coefficient (Wildman–Crippen LogP) is 2.59. The van der Waals surface area contributed by atoms with Crippen molar-refractivity contribution in [1.82, 2.24) is 20.4 Å². The lowest BCUT2D eigenvalue weighted by Gasteiger charge is -2.33. The van der Waals surface area contributed by atoms with Crippen molar-refractivity contribution in [2.24, 2.45) is 0 Å². The van der Waals surface area contributed by atoms with Crippen LogP contribution >= 0.6 is 0 Å². The van der Waals surface area contributed by atoms with Crippen LogP contribution in [-0.4, -0.2) is 58.3 Å². The highest BCUT2D eigenvalue weighted by Gasteiger charge is 2.32. The lowest BCUT2D eigenvalue weighted by Crippen LogP contribution is -2.41. The normalized spacial score (nSPS) is 15.8. The fourth-order valence-corrected chi connectivity index (χ4v) is 3.79. The molecule has 0 unspecified atom stereocenters. The summed E-state index contributed by atoms with van der Waals surface area (Å²) in [5, 5.41) is 15.6. The number of nitrogens with one attached hydrogen (secondary N) is 1. The number of aliphatic hydroxyl groups excluding tert-OH is 1. The Bertz CT molecular complexity index is 1090. The second-order valence-electron chi connectivity index (χ2n) is 7.72. The molecule has 1 saturated heterocycles. The van der Waals surface area contributed by atoms with Gasteiger partial charge < -0.3 is 24.6 Å². The lowest BCUT2D eigenvalue weighted by atomic mass is 10.0. The molecule has 1 atom stereocenters. The third kappa shape index (κ3) is 5.56. The number of aliphatic hydroxyl groups is 1. The van der Waals surface area contributed by atoms with Crippen LogP contribution in [0.3, 0.4) is 0 Å². The Morgan fingerprint density at radius 2 is 2.00 bits per heavy atom. The zero-order chi connectivity index (χ0) is 23.0. The van der Waals surface area contributed by atoms with E-state index >= 15 is 0 Å². The second-order valence-corrected chi connectivity index (χ2v) is 7.72. The summed E-state index contributed by atoms with van der Waals surface area (Å²) in [5.41, 5.74) is 1.06. The van der Waals surface area contributed by atoms with E-state index in [2.05, 4.69) is 15.5 Å². The summed E-state index contributed by atoms with van der Waals surface area (Å²) in [7, 11) is 0. The number of ether oxygens (including phenoxy) is 1. The average molecular weight is 450 g/mol. The first kappa shape index (κ1) is 22.5. The zero-order valence-electron chi connectivity index (χ0n) is 18.1. The van der Waals surface area contributed by atoms with Crippen molar-refractivity contribution < 1.29 is 24.0 Å². The third-order valence-corrected chi connectivity index (χ3v) is 5.44. The van der Waals surface area contributed by atoms with Crippen LogP contribution in [0.15, 0.2) is 59.1 Å². The maximum absolute atomic E-state index is 12.9. The Balaban J connectivity index is 1.47. The number of carbonyl (C=O) groups is 2. The van der Waals surface area contributed by atoms with Crippen molar-refractivity contribution in [3.05, 3.63) is 66.1 Å². The summed E-state index contributed by atoms with van der Waals surface area (Å²) in [5.74, 6) is 0.929. The zero-order valence-corrected chi connectivity index (χ0v) is 18.1. The minimum atomic E-state index is -0.317. The highest BCUT2D eigenvalue weighted by atomic mass is 16.5. The van der Waals surface area contributed by atoms with Gasteiger partial charge in [0, 0.05) is 24.2 Å². The van der Waals surface area contributed by atoms with E-state index in [1.54, 1.807) is 29.2 Å². The second kappa shape index (κ2) is 10.7. The van der Waals surface area contributed by atoms with Crippen molar-refractivity contribution >= 4 is 11.8 Å². The molecule has 0 bridgehead atoms. The minimum absolute atomic E-state index is 0.0630. The van der Waals surface area contributed by atoms with Gasteiger partial charge in [0.2, 0.25) is 11.7 Å². The Labute approximate surface area is 191 Å². The van der Waals surface area contributed by atoms with Gasteiger partial charge >= 0.3 is 0 Å². The lowest BCUT2D eigenvalue weighted by molar-refractivity contribution is -0.138. The summed E-state index contributed by atoms with van der Waals surface area (Å²) in [6, 6.07) is 15.8. The standard InChI is InChI=1S/C24H26N4O5/c29-14-12-25-23(31)18-8-6-7-17(15-18)22-26-24(33-27-22)20-11-4-5-13-28(20)21(30)16-32-19-9-2-1-3-10-19/h1-3,6-10,15,20,29H,4-5,11-14,16H2,(H,25,31)/t20-/m1/s1. The van der Waals surface area contributed by atoms with Crippen molar-refractivity contribution in [2.75, 3.05) is 26.3 Å². The molecular weight excluding hydrogens is 424 g/mol. The molecule has 4 rings (SSSR count). The van der Waals surface area contributed by atoms with Gasteiger partial charge in [-0.2, -0.15) is 4.98 Å². The minimum Gasteiger partial charge on any atom is -0.484 e. The maximum Gasteiger partial charge on any atom is 0.261 e. The van der Waals surface area contributed by atoms with Crippen LogP contribution in [0.2, 0.25) is 0 Å². The van der Waals surface area contributed by atoms with Crippen LogP contribution in [0.4, 0.5) is 0 Å². The van der Waals surface area contributed by atoms with Crippen LogP contribution in [-0.2, 0) is 4.79 Å². The maximum atomic E-state index is 12.9. The number of amides is 2. The number of benzene rings is 2. The number of nitrogens with zero attached hydrogens (tertiary/aromatic N) is 3. The molecule has 0 spiro atoms. The summed E-state index contributed by atoms with van der Waals surface area (Å²) >= 11 is 0. The quantitative estimate of drug-likeness (QED) is 0.542. The first-order valence-corrected chi connectivity index (χ1v) is 11.0. The number of rotatable bonds is 8. The molecule has 2 N–H and O–H groups in total. The van der Waals surface area contributed by atoms with E-state index in [1.165, 1.54) is 0 Å². The van der Waals surface area contributed by atoms with E-state index in [9.17, 15) is 9.59 Å². The molecule has 0 aliphatic carbocycles. The van der Waals surface area contributed by atoms with Gasteiger partial charge in [0.15, 0.2) is 6.61 Å². The SMILES string of the molecule is O=C(NCCO)c1cccc(-c2noc([C@H]3CCCCN3C(=O)COc3ccccc3)n2)c1. The van der Waals surface area contributed by atoms with Gasteiger partial charge in [-0.3, -0.25) is 9.59 Å². The molecule has 0 saturated carbocycles. The van der Waals surface area contributed by atoms with Gasteiger partial charge in [-0.25, -0.2) is 0 Å². The van der Waals surface area contributed by atoms with Crippen molar-refractivity contribution in [3.63, 3.8) is 0 Å². The first-order valence-electron chi connectivity index (χ1n) is 11.0. The topological polar surface area (TPSA) is 118 Å². The Morgan fingerprint density at radius 3 is 2.82 bits per heavy atom. The van der Waals surface area contributed by atoms with Crippen LogP contribution in [0.25, 0.3) is 11.4 Å². The largest absolute Gasteiger partial charge is 0.484 e. The number of piperidine rings is 1. The van der Waals surface area contributed by atoms with Crippen molar-refractivity contribution in [3.8, 4) is 17.1 Å². The third-order valence-electron chi connectivity index (χ3n) is 5.44. The Kier molecular flexibility index (Phi) is 7.31. The highest BCUT2D eigenvalue weighted by molar-refractivity contribution is 5.95. The van der Waals surface area contributed by atoms with E-state index in [0.29, 0.717) is 35.1 Å². The van der Waals surface area contributed by atoms with Gasteiger partial charge in [-0.1, -0.05) is 35.5 Å². The average Bonchev–Trinajstić information content (AvgIpc) is 3.37. The number of likely N-dealkylation sites (tertiary alicyclic amines) is 1. The fourth-order valence-electron chi connectivity index (χ4n) is 3.79. The monoisotopic (exact) mass is 450 g/mol. The van der Waals surface area contributed by atoms with E-state index in [4.69, 9.17) is 14.4 Å². The number of hydrogen-bond donors (Lipinski definition) is 2. The molecule has 9 nitrogen and oxygen atoms in total. The smallest absolute Gasteiger partial charge is 0.261 e. The Morgan fingerprint density at radius 1 is 1.15 bits per heavy atom. The van der Waals surface area contributed by atoms with Crippen LogP contribution in [0.5, 0.6) is 5.75 Å². The first-order chi connectivity index (χ1) is 16.2. The van der Waals surface area contributed by atoms with Crippen molar-refractivity contribution in [1.29, 1.82) is 0 Å². The van der Waals surface area contributed by atoms with Crippen LogP contribution < -0.4 is 10.1 Å². The van der Waals surface area contributed by atoms with Crippen LogP contribution in [0.1, 0.15) is 41.6 Å².